The smallest absolute Gasteiger partial charge is 0.304 e. The summed E-state index contributed by atoms with van der Waals surface area (Å²) in [5, 5.41) is 18.2. The number of hydrogen-bond donors (Lipinski definition) is 3. The van der Waals surface area contributed by atoms with Gasteiger partial charge in [-0.15, -0.1) is 0 Å². The Balaban J connectivity index is 2.92. The highest BCUT2D eigenvalue weighted by atomic mass is 16.4. The van der Waals surface area contributed by atoms with Crippen LogP contribution in [0.1, 0.15) is 23.5 Å². The second-order valence-electron chi connectivity index (χ2n) is 3.58. The van der Waals surface area contributed by atoms with Gasteiger partial charge < -0.3 is 15.9 Å². The molecule has 0 bridgehead atoms. The number of carboxylic acid groups (broad SMARTS) is 1. The summed E-state index contributed by atoms with van der Waals surface area (Å²) in [7, 11) is 0. The maximum Gasteiger partial charge on any atom is 0.304 e. The first-order chi connectivity index (χ1) is 7.04. The van der Waals surface area contributed by atoms with Crippen molar-refractivity contribution >= 4 is 5.97 Å². The second-order valence-corrected chi connectivity index (χ2v) is 3.58. The molecule has 0 saturated heterocycles. The van der Waals surface area contributed by atoms with Gasteiger partial charge in [-0.2, -0.15) is 0 Å². The van der Waals surface area contributed by atoms with Crippen LogP contribution in [-0.2, 0) is 4.79 Å². The van der Waals surface area contributed by atoms with E-state index in [1.165, 1.54) is 0 Å². The molecule has 4 N–H and O–H groups in total. The van der Waals surface area contributed by atoms with Gasteiger partial charge in [0.05, 0.1) is 6.42 Å². The Labute approximate surface area is 88.3 Å². The molecule has 1 rings (SSSR count). The minimum atomic E-state index is -0.884. The number of phenolic OH excluding ortho intramolecular Hbond substituents is 1. The van der Waals surface area contributed by atoms with E-state index in [4.69, 9.17) is 10.8 Å². The molecule has 1 atom stereocenters. The first-order valence-corrected chi connectivity index (χ1v) is 4.76. The van der Waals surface area contributed by atoms with E-state index < -0.39 is 5.97 Å². The molecule has 0 fully saturated rings. The Morgan fingerprint density at radius 1 is 1.53 bits per heavy atom. The van der Waals surface area contributed by atoms with Gasteiger partial charge in [0.1, 0.15) is 5.75 Å². The fourth-order valence-electron chi connectivity index (χ4n) is 1.43. The number of aryl methyl sites for hydroxylation is 1. The van der Waals surface area contributed by atoms with Crippen LogP contribution in [0.25, 0.3) is 0 Å². The van der Waals surface area contributed by atoms with Gasteiger partial charge in [-0.1, -0.05) is 12.1 Å². The SMILES string of the molecule is Cc1ccc(C(CN)CC(=O)O)cc1O. The second kappa shape index (κ2) is 4.79. The van der Waals surface area contributed by atoms with Gasteiger partial charge in [0.2, 0.25) is 0 Å². The summed E-state index contributed by atoms with van der Waals surface area (Å²) in [6.07, 6.45) is -0.0149. The molecule has 0 aliphatic rings. The van der Waals surface area contributed by atoms with Gasteiger partial charge in [-0.3, -0.25) is 4.79 Å². The average Bonchev–Trinajstić information content (AvgIpc) is 2.18. The van der Waals surface area contributed by atoms with Crippen LogP contribution in [0.4, 0.5) is 0 Å². The third-order valence-corrected chi connectivity index (χ3v) is 2.41. The monoisotopic (exact) mass is 209 g/mol. The summed E-state index contributed by atoms with van der Waals surface area (Å²) >= 11 is 0. The molecule has 1 unspecified atom stereocenters. The van der Waals surface area contributed by atoms with E-state index >= 15 is 0 Å². The molecule has 0 amide bonds. The van der Waals surface area contributed by atoms with Crippen molar-refractivity contribution in [2.75, 3.05) is 6.54 Å². The van der Waals surface area contributed by atoms with Crippen LogP contribution in [0.15, 0.2) is 18.2 Å². The lowest BCUT2D eigenvalue weighted by atomic mass is 9.95. The van der Waals surface area contributed by atoms with Crippen molar-refractivity contribution in [3.8, 4) is 5.75 Å². The van der Waals surface area contributed by atoms with Crippen LogP contribution in [0.2, 0.25) is 0 Å². The van der Waals surface area contributed by atoms with Crippen molar-refractivity contribution in [2.24, 2.45) is 5.73 Å². The van der Waals surface area contributed by atoms with Gasteiger partial charge in [0.15, 0.2) is 0 Å². The molecule has 0 aliphatic heterocycles. The molecule has 1 aromatic rings. The van der Waals surface area contributed by atoms with Crippen molar-refractivity contribution in [3.05, 3.63) is 29.3 Å². The number of aliphatic carboxylic acids is 1. The molecule has 0 saturated carbocycles. The zero-order valence-corrected chi connectivity index (χ0v) is 8.60. The normalized spacial score (nSPS) is 12.4. The van der Waals surface area contributed by atoms with Gasteiger partial charge in [0, 0.05) is 5.92 Å². The summed E-state index contributed by atoms with van der Waals surface area (Å²) < 4.78 is 0. The van der Waals surface area contributed by atoms with Crippen LogP contribution in [0, 0.1) is 6.92 Å². The Hall–Kier alpha value is -1.55. The molecule has 0 radical (unpaired) electrons. The molecule has 4 nitrogen and oxygen atoms in total. The van der Waals surface area contributed by atoms with Crippen LogP contribution in [0.3, 0.4) is 0 Å². The lowest BCUT2D eigenvalue weighted by molar-refractivity contribution is -0.137. The molecule has 0 aliphatic carbocycles. The third kappa shape index (κ3) is 2.95. The number of carbonyl (C=O) groups is 1. The highest BCUT2D eigenvalue weighted by Crippen LogP contribution is 2.24. The topological polar surface area (TPSA) is 83.6 Å². The quantitative estimate of drug-likeness (QED) is 0.696. The number of phenols is 1. The van der Waals surface area contributed by atoms with E-state index in [9.17, 15) is 9.90 Å². The van der Waals surface area contributed by atoms with E-state index in [1.807, 2.05) is 0 Å². The Morgan fingerprint density at radius 2 is 2.20 bits per heavy atom. The van der Waals surface area contributed by atoms with Crippen molar-refractivity contribution in [3.63, 3.8) is 0 Å². The maximum absolute atomic E-state index is 10.6. The van der Waals surface area contributed by atoms with Gasteiger partial charge in [-0.05, 0) is 30.7 Å². The summed E-state index contributed by atoms with van der Waals surface area (Å²) in [5.41, 5.74) is 7.03. The predicted molar refractivity (Wildman–Crippen MR) is 56.9 cm³/mol. The zero-order chi connectivity index (χ0) is 11.4. The van der Waals surface area contributed by atoms with E-state index in [2.05, 4.69) is 0 Å². The van der Waals surface area contributed by atoms with Crippen molar-refractivity contribution in [1.82, 2.24) is 0 Å². The first kappa shape index (κ1) is 11.5. The van der Waals surface area contributed by atoms with Crippen molar-refractivity contribution in [2.45, 2.75) is 19.3 Å². The minimum absolute atomic E-state index is 0.0149. The van der Waals surface area contributed by atoms with Crippen molar-refractivity contribution in [1.29, 1.82) is 0 Å². The lowest BCUT2D eigenvalue weighted by Gasteiger charge is -2.13. The summed E-state index contributed by atoms with van der Waals surface area (Å²) in [6.45, 7) is 2.04. The van der Waals surface area contributed by atoms with E-state index in [0.29, 0.717) is 0 Å². The fraction of sp³-hybridized carbons (Fsp3) is 0.364. The molecule has 15 heavy (non-hydrogen) atoms. The number of hydrogen-bond acceptors (Lipinski definition) is 3. The van der Waals surface area contributed by atoms with Crippen LogP contribution in [0.5, 0.6) is 5.75 Å². The minimum Gasteiger partial charge on any atom is -0.508 e. The van der Waals surface area contributed by atoms with Gasteiger partial charge in [0.25, 0.3) is 0 Å². The Morgan fingerprint density at radius 3 is 2.67 bits per heavy atom. The molecule has 4 heteroatoms. The van der Waals surface area contributed by atoms with E-state index in [1.54, 1.807) is 25.1 Å². The van der Waals surface area contributed by atoms with E-state index in [-0.39, 0.29) is 24.6 Å². The number of rotatable bonds is 4. The summed E-state index contributed by atoms with van der Waals surface area (Å²) in [5.74, 6) is -0.948. The molecule has 1 aromatic carbocycles. The molecular formula is C11H15NO3. The highest BCUT2D eigenvalue weighted by molar-refractivity contribution is 5.68. The standard InChI is InChI=1S/C11H15NO3/c1-7-2-3-8(4-10(7)13)9(6-12)5-11(14)15/h2-4,9,13H,5-6,12H2,1H3,(H,14,15). The molecular weight excluding hydrogens is 194 g/mol. The van der Waals surface area contributed by atoms with Crippen LogP contribution in [-0.4, -0.2) is 22.7 Å². The highest BCUT2D eigenvalue weighted by Gasteiger charge is 2.14. The maximum atomic E-state index is 10.6. The molecule has 0 heterocycles. The predicted octanol–water partition coefficient (Wildman–Crippen LogP) is 1.22. The molecule has 0 aromatic heterocycles. The third-order valence-electron chi connectivity index (χ3n) is 2.41. The van der Waals surface area contributed by atoms with Crippen LogP contribution >= 0.6 is 0 Å². The molecule has 82 valence electrons. The number of nitrogens with two attached hydrogens (primary N) is 1. The van der Waals surface area contributed by atoms with Gasteiger partial charge in [-0.25, -0.2) is 0 Å². The zero-order valence-electron chi connectivity index (χ0n) is 8.60. The van der Waals surface area contributed by atoms with Gasteiger partial charge >= 0.3 is 5.97 Å². The lowest BCUT2D eigenvalue weighted by Crippen LogP contribution is -2.16. The number of benzene rings is 1. The number of aromatic hydroxyl groups is 1. The summed E-state index contributed by atoms with van der Waals surface area (Å²) in [6, 6.07) is 5.14. The average molecular weight is 209 g/mol. The Kier molecular flexibility index (Phi) is 3.68. The number of carboxylic acids is 1. The molecule has 0 spiro atoms. The fourth-order valence-corrected chi connectivity index (χ4v) is 1.43. The largest absolute Gasteiger partial charge is 0.508 e. The van der Waals surface area contributed by atoms with Crippen LogP contribution < -0.4 is 5.73 Å². The Bertz CT molecular complexity index is 363. The van der Waals surface area contributed by atoms with E-state index in [0.717, 1.165) is 11.1 Å². The van der Waals surface area contributed by atoms with Crippen molar-refractivity contribution < 1.29 is 15.0 Å². The summed E-state index contributed by atoms with van der Waals surface area (Å²) in [4.78, 5) is 10.6. The first-order valence-electron chi connectivity index (χ1n) is 4.76.